The lowest BCUT2D eigenvalue weighted by Crippen LogP contribution is -2.15. The molecular weight excluding hydrogens is 370 g/mol. The minimum atomic E-state index is -0.675. The predicted molar refractivity (Wildman–Crippen MR) is 103 cm³/mol. The SMILES string of the molecule is C=CCn1c(C)cc(C(=O)COC(=O)c2cc(Cl)c(OC)c(OC)c2)c1C. The summed E-state index contributed by atoms with van der Waals surface area (Å²) in [6.45, 7) is 7.70. The topological polar surface area (TPSA) is 66.8 Å². The van der Waals surface area contributed by atoms with Crippen molar-refractivity contribution in [3.8, 4) is 11.5 Å². The average Bonchev–Trinajstić information content (AvgIpc) is 2.93. The van der Waals surface area contributed by atoms with Gasteiger partial charge in [0.15, 0.2) is 18.1 Å². The van der Waals surface area contributed by atoms with Crippen LogP contribution in [-0.4, -0.2) is 37.1 Å². The highest BCUT2D eigenvalue weighted by Crippen LogP contribution is 2.36. The fourth-order valence-corrected chi connectivity index (χ4v) is 3.11. The van der Waals surface area contributed by atoms with Gasteiger partial charge in [0, 0.05) is 23.5 Å². The van der Waals surface area contributed by atoms with E-state index in [-0.39, 0.29) is 23.0 Å². The van der Waals surface area contributed by atoms with E-state index in [1.807, 2.05) is 18.4 Å². The van der Waals surface area contributed by atoms with Gasteiger partial charge in [-0.05, 0) is 32.0 Å². The largest absolute Gasteiger partial charge is 0.493 e. The molecule has 0 aliphatic carbocycles. The molecule has 0 saturated heterocycles. The number of hydrogen-bond donors (Lipinski definition) is 0. The summed E-state index contributed by atoms with van der Waals surface area (Å²) < 4.78 is 17.4. The Morgan fingerprint density at radius 3 is 2.48 bits per heavy atom. The summed E-state index contributed by atoms with van der Waals surface area (Å²) in [6.07, 6.45) is 1.76. The van der Waals surface area contributed by atoms with Gasteiger partial charge >= 0.3 is 5.97 Å². The molecule has 0 unspecified atom stereocenters. The number of Topliss-reactive ketones (excluding diaryl/α,β-unsaturated/α-hetero) is 1. The van der Waals surface area contributed by atoms with Crippen molar-refractivity contribution in [2.45, 2.75) is 20.4 Å². The molecule has 2 aromatic rings. The van der Waals surface area contributed by atoms with Gasteiger partial charge in [-0.15, -0.1) is 6.58 Å². The Balaban J connectivity index is 2.14. The van der Waals surface area contributed by atoms with Crippen molar-refractivity contribution in [2.24, 2.45) is 0 Å². The van der Waals surface area contributed by atoms with Gasteiger partial charge in [0.2, 0.25) is 5.78 Å². The molecule has 0 aliphatic heterocycles. The van der Waals surface area contributed by atoms with Crippen LogP contribution in [0.5, 0.6) is 11.5 Å². The maximum absolute atomic E-state index is 12.5. The van der Waals surface area contributed by atoms with Crippen LogP contribution in [0.25, 0.3) is 0 Å². The van der Waals surface area contributed by atoms with E-state index < -0.39 is 5.97 Å². The van der Waals surface area contributed by atoms with Gasteiger partial charge in [-0.2, -0.15) is 0 Å². The van der Waals surface area contributed by atoms with Crippen LogP contribution >= 0.6 is 11.6 Å². The Morgan fingerprint density at radius 2 is 1.89 bits per heavy atom. The standard InChI is InChI=1S/C20H22ClNO5/c1-6-7-22-12(2)8-15(13(22)3)17(23)11-27-20(24)14-9-16(21)19(26-5)18(10-14)25-4/h6,8-10H,1,7,11H2,2-5H3. The molecule has 0 atom stereocenters. The molecular formula is C20H22ClNO5. The quantitative estimate of drug-likeness (QED) is 0.386. The van der Waals surface area contributed by atoms with E-state index >= 15 is 0 Å². The predicted octanol–water partition coefficient (Wildman–Crippen LogP) is 4.00. The lowest BCUT2D eigenvalue weighted by molar-refractivity contribution is 0.0474. The zero-order valence-electron chi connectivity index (χ0n) is 15.8. The summed E-state index contributed by atoms with van der Waals surface area (Å²) in [5, 5.41) is 0.211. The Kier molecular flexibility index (Phi) is 6.69. The van der Waals surface area contributed by atoms with Gasteiger partial charge in [0.25, 0.3) is 0 Å². The lowest BCUT2D eigenvalue weighted by atomic mass is 10.1. The molecule has 0 saturated carbocycles. The molecule has 7 heteroatoms. The molecule has 0 aliphatic rings. The van der Waals surface area contributed by atoms with Crippen LogP contribution in [0.2, 0.25) is 5.02 Å². The van der Waals surface area contributed by atoms with E-state index in [0.717, 1.165) is 11.4 Å². The smallest absolute Gasteiger partial charge is 0.338 e. The summed E-state index contributed by atoms with van der Waals surface area (Å²) in [6, 6.07) is 4.64. The van der Waals surface area contributed by atoms with Crippen LogP contribution in [0.3, 0.4) is 0 Å². The summed E-state index contributed by atoms with van der Waals surface area (Å²) in [5.41, 5.74) is 2.44. The Labute approximate surface area is 163 Å². The second kappa shape index (κ2) is 8.77. The van der Waals surface area contributed by atoms with E-state index in [2.05, 4.69) is 6.58 Å². The molecule has 1 aromatic heterocycles. The number of ether oxygens (including phenoxy) is 3. The lowest BCUT2D eigenvalue weighted by Gasteiger charge is -2.11. The van der Waals surface area contributed by atoms with Crippen molar-refractivity contribution in [1.29, 1.82) is 0 Å². The van der Waals surface area contributed by atoms with Gasteiger partial charge < -0.3 is 18.8 Å². The Bertz CT molecular complexity index is 885. The van der Waals surface area contributed by atoms with E-state index in [1.54, 1.807) is 12.1 Å². The maximum atomic E-state index is 12.5. The van der Waals surface area contributed by atoms with E-state index in [1.165, 1.54) is 26.4 Å². The van der Waals surface area contributed by atoms with Crippen molar-refractivity contribution in [3.63, 3.8) is 0 Å². The monoisotopic (exact) mass is 391 g/mol. The van der Waals surface area contributed by atoms with Crippen LogP contribution in [-0.2, 0) is 11.3 Å². The Morgan fingerprint density at radius 1 is 1.19 bits per heavy atom. The molecule has 1 heterocycles. The zero-order chi connectivity index (χ0) is 20.1. The normalized spacial score (nSPS) is 10.4. The second-order valence-corrected chi connectivity index (χ2v) is 6.28. The van der Waals surface area contributed by atoms with Gasteiger partial charge in [0.05, 0.1) is 24.8 Å². The molecule has 0 bridgehead atoms. The summed E-state index contributed by atoms with van der Waals surface area (Å²) in [4.78, 5) is 24.8. The number of allylic oxidation sites excluding steroid dienone is 1. The third kappa shape index (κ3) is 4.34. The molecule has 0 spiro atoms. The van der Waals surface area contributed by atoms with Crippen LogP contribution in [0.4, 0.5) is 0 Å². The second-order valence-electron chi connectivity index (χ2n) is 5.88. The number of carbonyl (C=O) groups excluding carboxylic acids is 2. The number of benzene rings is 1. The zero-order valence-corrected chi connectivity index (χ0v) is 16.6. The minimum absolute atomic E-state index is 0.169. The first kappa shape index (κ1) is 20.6. The average molecular weight is 392 g/mol. The first-order valence-corrected chi connectivity index (χ1v) is 8.61. The molecule has 1 aromatic carbocycles. The number of carbonyl (C=O) groups is 2. The molecule has 0 fully saturated rings. The Hall–Kier alpha value is -2.73. The summed E-state index contributed by atoms with van der Waals surface area (Å²) >= 11 is 6.10. The van der Waals surface area contributed by atoms with Crippen LogP contribution < -0.4 is 9.47 Å². The van der Waals surface area contributed by atoms with E-state index in [9.17, 15) is 9.59 Å². The number of halogens is 1. The van der Waals surface area contributed by atoms with Crippen molar-refractivity contribution in [1.82, 2.24) is 4.57 Å². The molecule has 0 amide bonds. The molecule has 6 nitrogen and oxygen atoms in total. The summed E-state index contributed by atoms with van der Waals surface area (Å²) in [5.74, 6) is -0.331. The maximum Gasteiger partial charge on any atom is 0.338 e. The van der Waals surface area contributed by atoms with Crippen LogP contribution in [0.1, 0.15) is 32.1 Å². The molecule has 144 valence electrons. The highest BCUT2D eigenvalue weighted by Gasteiger charge is 2.19. The number of esters is 1. The number of nitrogens with zero attached hydrogens (tertiary/aromatic N) is 1. The fraction of sp³-hybridized carbons (Fsp3) is 0.300. The highest BCUT2D eigenvalue weighted by molar-refractivity contribution is 6.32. The highest BCUT2D eigenvalue weighted by atomic mass is 35.5. The van der Waals surface area contributed by atoms with Crippen LogP contribution in [0, 0.1) is 13.8 Å². The van der Waals surface area contributed by atoms with Gasteiger partial charge in [-0.3, -0.25) is 4.79 Å². The molecule has 2 rings (SSSR count). The number of aromatic nitrogens is 1. The van der Waals surface area contributed by atoms with E-state index in [4.69, 9.17) is 25.8 Å². The number of aryl methyl sites for hydroxylation is 1. The number of ketones is 1. The van der Waals surface area contributed by atoms with E-state index in [0.29, 0.717) is 23.6 Å². The molecule has 0 N–H and O–H groups in total. The number of rotatable bonds is 8. The fourth-order valence-electron chi connectivity index (χ4n) is 2.82. The third-order valence-electron chi connectivity index (χ3n) is 4.19. The van der Waals surface area contributed by atoms with Crippen molar-refractivity contribution in [3.05, 3.63) is 58.4 Å². The van der Waals surface area contributed by atoms with Gasteiger partial charge in [-0.25, -0.2) is 4.79 Å². The first-order chi connectivity index (χ1) is 12.8. The summed E-state index contributed by atoms with van der Waals surface area (Å²) in [7, 11) is 2.88. The van der Waals surface area contributed by atoms with Crippen LogP contribution in [0.15, 0.2) is 30.9 Å². The molecule has 0 radical (unpaired) electrons. The van der Waals surface area contributed by atoms with Crippen molar-refractivity contribution in [2.75, 3.05) is 20.8 Å². The number of hydrogen-bond acceptors (Lipinski definition) is 5. The van der Waals surface area contributed by atoms with Crippen molar-refractivity contribution < 1.29 is 23.8 Å². The third-order valence-corrected chi connectivity index (χ3v) is 4.47. The molecule has 27 heavy (non-hydrogen) atoms. The van der Waals surface area contributed by atoms with Gasteiger partial charge in [-0.1, -0.05) is 17.7 Å². The van der Waals surface area contributed by atoms with Crippen molar-refractivity contribution >= 4 is 23.4 Å². The van der Waals surface area contributed by atoms with Gasteiger partial charge in [0.1, 0.15) is 0 Å². The minimum Gasteiger partial charge on any atom is -0.493 e. The number of methoxy groups -OCH3 is 2. The first-order valence-electron chi connectivity index (χ1n) is 8.23.